The largest absolute Gasteiger partial charge is 0.490 e. The Bertz CT molecular complexity index is 464. The second-order valence-corrected chi connectivity index (χ2v) is 6.01. The highest BCUT2D eigenvalue weighted by atomic mass is 35.5. The van der Waals surface area contributed by atoms with E-state index in [1.54, 1.807) is 0 Å². The van der Waals surface area contributed by atoms with E-state index in [0.29, 0.717) is 19.1 Å². The molecule has 23 heavy (non-hydrogen) atoms. The minimum Gasteiger partial charge on any atom is -0.490 e. The summed E-state index contributed by atoms with van der Waals surface area (Å²) in [6, 6.07) is 7.99. The first-order valence-corrected chi connectivity index (χ1v) is 8.51. The first-order valence-electron chi connectivity index (χ1n) is 8.51. The maximum absolute atomic E-state index is 11.9. The van der Waals surface area contributed by atoms with Gasteiger partial charge in [0.2, 0.25) is 5.91 Å². The van der Waals surface area contributed by atoms with Crippen molar-refractivity contribution in [3.05, 3.63) is 29.8 Å². The van der Waals surface area contributed by atoms with Gasteiger partial charge in [-0.3, -0.25) is 4.79 Å². The normalized spacial score (nSPS) is 13.8. The Morgan fingerprint density at radius 3 is 2.61 bits per heavy atom. The van der Waals surface area contributed by atoms with Gasteiger partial charge in [0.25, 0.3) is 0 Å². The summed E-state index contributed by atoms with van der Waals surface area (Å²) < 4.78 is 5.98. The summed E-state index contributed by atoms with van der Waals surface area (Å²) in [5, 5.41) is 3.00. The molecular weight excluding hydrogens is 312 g/mol. The molecule has 130 valence electrons. The van der Waals surface area contributed by atoms with Gasteiger partial charge in [-0.2, -0.15) is 0 Å². The molecule has 1 aliphatic carbocycles. The van der Waals surface area contributed by atoms with Gasteiger partial charge < -0.3 is 15.8 Å². The number of amides is 1. The van der Waals surface area contributed by atoms with E-state index in [1.165, 1.54) is 6.42 Å². The second kappa shape index (κ2) is 11.3. The molecule has 0 aliphatic heterocycles. The van der Waals surface area contributed by atoms with Gasteiger partial charge in [0, 0.05) is 18.5 Å². The van der Waals surface area contributed by atoms with Crippen molar-refractivity contribution in [2.24, 2.45) is 5.73 Å². The highest BCUT2D eigenvalue weighted by molar-refractivity contribution is 5.85. The molecule has 1 amide bonds. The van der Waals surface area contributed by atoms with Crippen LogP contribution in [0.25, 0.3) is 0 Å². The van der Waals surface area contributed by atoms with Crippen molar-refractivity contribution < 1.29 is 9.53 Å². The lowest BCUT2D eigenvalue weighted by atomic mass is 9.96. The van der Waals surface area contributed by atoms with Crippen LogP contribution in [0.15, 0.2) is 24.3 Å². The van der Waals surface area contributed by atoms with Crippen LogP contribution in [0, 0.1) is 0 Å². The van der Waals surface area contributed by atoms with Crippen LogP contribution in [0.4, 0.5) is 0 Å². The molecule has 0 unspecified atom stereocenters. The molecule has 1 aromatic rings. The SMILES string of the molecule is Cl.NCCCCCCC(=O)NCc1ccccc1OC1CCC1. The third-order valence-electron chi connectivity index (χ3n) is 4.15. The van der Waals surface area contributed by atoms with Crippen LogP contribution in [0.1, 0.15) is 56.9 Å². The monoisotopic (exact) mass is 340 g/mol. The highest BCUT2D eigenvalue weighted by Gasteiger charge is 2.20. The molecule has 1 saturated carbocycles. The highest BCUT2D eigenvalue weighted by Crippen LogP contribution is 2.27. The minimum atomic E-state index is 0. The Kier molecular flexibility index (Phi) is 9.72. The summed E-state index contributed by atoms with van der Waals surface area (Å²) in [4.78, 5) is 11.9. The number of benzene rings is 1. The number of hydrogen-bond donors (Lipinski definition) is 2. The summed E-state index contributed by atoms with van der Waals surface area (Å²) in [5.41, 5.74) is 6.52. The summed E-state index contributed by atoms with van der Waals surface area (Å²) in [5.74, 6) is 1.03. The number of hydrogen-bond acceptors (Lipinski definition) is 3. The van der Waals surface area contributed by atoms with Crippen molar-refractivity contribution in [3.63, 3.8) is 0 Å². The first kappa shape index (κ1) is 19.8. The van der Waals surface area contributed by atoms with Gasteiger partial charge in [0.15, 0.2) is 0 Å². The number of nitrogens with one attached hydrogen (secondary N) is 1. The maximum atomic E-state index is 11.9. The molecular formula is C18H29ClN2O2. The molecule has 3 N–H and O–H groups in total. The quantitative estimate of drug-likeness (QED) is 0.640. The zero-order chi connectivity index (χ0) is 15.6. The van der Waals surface area contributed by atoms with E-state index in [9.17, 15) is 4.79 Å². The number of carbonyl (C=O) groups excluding carboxylic acids is 1. The molecule has 1 aromatic carbocycles. The second-order valence-electron chi connectivity index (χ2n) is 6.01. The molecule has 2 rings (SSSR count). The Morgan fingerprint density at radius 1 is 1.17 bits per heavy atom. The van der Waals surface area contributed by atoms with Crippen LogP contribution >= 0.6 is 12.4 Å². The zero-order valence-corrected chi connectivity index (χ0v) is 14.6. The number of unbranched alkanes of at least 4 members (excludes halogenated alkanes) is 3. The third kappa shape index (κ3) is 7.23. The van der Waals surface area contributed by atoms with E-state index in [0.717, 1.165) is 56.4 Å². The van der Waals surface area contributed by atoms with Gasteiger partial charge in [-0.25, -0.2) is 0 Å². The van der Waals surface area contributed by atoms with Crippen molar-refractivity contribution in [2.45, 2.75) is 64.0 Å². The molecule has 4 nitrogen and oxygen atoms in total. The van der Waals surface area contributed by atoms with Crippen molar-refractivity contribution >= 4 is 18.3 Å². The van der Waals surface area contributed by atoms with E-state index >= 15 is 0 Å². The minimum absolute atomic E-state index is 0. The van der Waals surface area contributed by atoms with Crippen LogP contribution in [0.2, 0.25) is 0 Å². The van der Waals surface area contributed by atoms with E-state index < -0.39 is 0 Å². The maximum Gasteiger partial charge on any atom is 0.220 e. The molecule has 0 atom stereocenters. The van der Waals surface area contributed by atoms with Crippen molar-refractivity contribution in [1.82, 2.24) is 5.32 Å². The number of para-hydroxylation sites is 1. The van der Waals surface area contributed by atoms with Crippen LogP contribution < -0.4 is 15.8 Å². The van der Waals surface area contributed by atoms with Crippen LogP contribution in [0.3, 0.4) is 0 Å². The van der Waals surface area contributed by atoms with E-state index in [4.69, 9.17) is 10.5 Å². The summed E-state index contributed by atoms with van der Waals surface area (Å²) in [6.45, 7) is 1.29. The zero-order valence-electron chi connectivity index (χ0n) is 13.8. The molecule has 0 bridgehead atoms. The molecule has 0 radical (unpaired) electrons. The predicted molar refractivity (Wildman–Crippen MR) is 95.9 cm³/mol. The molecule has 0 heterocycles. The fourth-order valence-electron chi connectivity index (χ4n) is 2.50. The van der Waals surface area contributed by atoms with Gasteiger partial charge in [0.05, 0.1) is 6.10 Å². The van der Waals surface area contributed by atoms with Gasteiger partial charge in [-0.15, -0.1) is 12.4 Å². The molecule has 5 heteroatoms. The number of nitrogens with two attached hydrogens (primary N) is 1. The van der Waals surface area contributed by atoms with Crippen molar-refractivity contribution in [1.29, 1.82) is 0 Å². The summed E-state index contributed by atoms with van der Waals surface area (Å²) >= 11 is 0. The Hall–Kier alpha value is -1.26. The Labute approximate surface area is 145 Å². The van der Waals surface area contributed by atoms with Crippen molar-refractivity contribution in [2.75, 3.05) is 6.54 Å². The van der Waals surface area contributed by atoms with Crippen LogP contribution in [-0.2, 0) is 11.3 Å². The average molecular weight is 341 g/mol. The lowest BCUT2D eigenvalue weighted by Gasteiger charge is -2.27. The van der Waals surface area contributed by atoms with Gasteiger partial charge >= 0.3 is 0 Å². The van der Waals surface area contributed by atoms with Crippen LogP contribution in [0.5, 0.6) is 5.75 Å². The van der Waals surface area contributed by atoms with E-state index in [1.807, 2.05) is 24.3 Å². The van der Waals surface area contributed by atoms with Crippen LogP contribution in [-0.4, -0.2) is 18.6 Å². The van der Waals surface area contributed by atoms with Crippen molar-refractivity contribution in [3.8, 4) is 5.75 Å². The lowest BCUT2D eigenvalue weighted by molar-refractivity contribution is -0.121. The average Bonchev–Trinajstić information content (AvgIpc) is 2.49. The predicted octanol–water partition coefficient (Wildman–Crippen LogP) is 3.57. The summed E-state index contributed by atoms with van der Waals surface area (Å²) in [7, 11) is 0. The van der Waals surface area contributed by atoms with Gasteiger partial charge in [-0.05, 0) is 44.7 Å². The molecule has 0 saturated heterocycles. The molecule has 0 aromatic heterocycles. The van der Waals surface area contributed by atoms with E-state index in [2.05, 4.69) is 5.32 Å². The summed E-state index contributed by atoms with van der Waals surface area (Å²) in [6.07, 6.45) is 8.67. The number of carbonyl (C=O) groups is 1. The topological polar surface area (TPSA) is 64.4 Å². The molecule has 1 aliphatic rings. The first-order chi connectivity index (χ1) is 10.8. The standard InChI is InChI=1S/C18H28N2O2.ClH/c19-13-6-2-1-3-12-18(21)20-14-15-8-4-5-11-17(15)22-16-9-7-10-16;/h4-5,8,11,16H,1-3,6-7,9-10,12-14,19H2,(H,20,21);1H. The third-order valence-corrected chi connectivity index (χ3v) is 4.15. The fraction of sp³-hybridized carbons (Fsp3) is 0.611. The number of ether oxygens (including phenoxy) is 1. The fourth-order valence-corrected chi connectivity index (χ4v) is 2.50. The Balaban J connectivity index is 0.00000264. The Morgan fingerprint density at radius 2 is 1.91 bits per heavy atom. The smallest absolute Gasteiger partial charge is 0.220 e. The molecule has 1 fully saturated rings. The number of halogens is 1. The van der Waals surface area contributed by atoms with Gasteiger partial charge in [-0.1, -0.05) is 31.0 Å². The van der Waals surface area contributed by atoms with E-state index in [-0.39, 0.29) is 18.3 Å². The van der Waals surface area contributed by atoms with Gasteiger partial charge in [0.1, 0.15) is 5.75 Å². The lowest BCUT2D eigenvalue weighted by Crippen LogP contribution is -2.26. The number of rotatable bonds is 10. The molecule has 0 spiro atoms.